The molecule has 96 valence electrons. The van der Waals surface area contributed by atoms with Gasteiger partial charge in [0.15, 0.2) is 0 Å². The number of sulfone groups is 1. The minimum absolute atomic E-state index is 0.0608. The van der Waals surface area contributed by atoms with Crippen LogP contribution in [0.25, 0.3) is 0 Å². The predicted octanol–water partition coefficient (Wildman–Crippen LogP) is 2.36. The van der Waals surface area contributed by atoms with Gasteiger partial charge in [-0.05, 0) is 24.5 Å². The van der Waals surface area contributed by atoms with Crippen LogP contribution in [0.15, 0.2) is 18.3 Å². The Bertz CT molecular complexity index is 455. The average molecular weight is 255 g/mol. The lowest BCUT2D eigenvalue weighted by Gasteiger charge is -2.17. The highest BCUT2D eigenvalue weighted by atomic mass is 32.2. The standard InChI is InChI=1S/C13H21NO2S/c1-13(2,3)12-8-7-11(10-14-12)6-5-9-17(4,15)16/h7-8,10H,5-6,9H2,1-4H3. The van der Waals surface area contributed by atoms with Crippen molar-refractivity contribution in [3.05, 3.63) is 29.6 Å². The molecule has 3 nitrogen and oxygen atoms in total. The maximum absolute atomic E-state index is 11.0. The van der Waals surface area contributed by atoms with Gasteiger partial charge in [-0.3, -0.25) is 4.98 Å². The summed E-state index contributed by atoms with van der Waals surface area (Å²) in [4.78, 5) is 4.42. The van der Waals surface area contributed by atoms with Gasteiger partial charge < -0.3 is 0 Å². The van der Waals surface area contributed by atoms with Gasteiger partial charge in [0.05, 0.1) is 5.75 Å². The quantitative estimate of drug-likeness (QED) is 0.829. The first-order valence-electron chi connectivity index (χ1n) is 5.81. The average Bonchev–Trinajstić information content (AvgIpc) is 2.15. The Kier molecular flexibility index (Phi) is 4.31. The van der Waals surface area contributed by atoms with Gasteiger partial charge in [-0.15, -0.1) is 0 Å². The van der Waals surface area contributed by atoms with E-state index in [2.05, 4.69) is 25.8 Å². The Morgan fingerprint density at radius 1 is 1.24 bits per heavy atom. The summed E-state index contributed by atoms with van der Waals surface area (Å²) in [5.41, 5.74) is 2.22. The molecule has 0 fully saturated rings. The van der Waals surface area contributed by atoms with E-state index in [1.807, 2.05) is 18.3 Å². The Morgan fingerprint density at radius 3 is 2.29 bits per heavy atom. The Morgan fingerprint density at radius 2 is 1.88 bits per heavy atom. The second kappa shape index (κ2) is 5.17. The largest absolute Gasteiger partial charge is 0.260 e. The van der Waals surface area contributed by atoms with E-state index >= 15 is 0 Å². The summed E-state index contributed by atoms with van der Waals surface area (Å²) in [5, 5.41) is 0. The van der Waals surface area contributed by atoms with Gasteiger partial charge >= 0.3 is 0 Å². The molecule has 0 saturated carbocycles. The number of aryl methyl sites for hydroxylation is 1. The van der Waals surface area contributed by atoms with Crippen molar-refractivity contribution in [3.8, 4) is 0 Å². The molecule has 0 aliphatic rings. The fourth-order valence-electron chi connectivity index (χ4n) is 1.55. The molecule has 0 spiro atoms. The van der Waals surface area contributed by atoms with E-state index in [0.717, 1.165) is 17.7 Å². The zero-order valence-corrected chi connectivity index (χ0v) is 11.8. The number of hydrogen-bond acceptors (Lipinski definition) is 3. The lowest BCUT2D eigenvalue weighted by atomic mass is 9.91. The molecule has 0 saturated heterocycles. The second-order valence-corrected chi connectivity index (χ2v) is 7.79. The lowest BCUT2D eigenvalue weighted by Crippen LogP contribution is -2.13. The normalized spacial score (nSPS) is 12.7. The molecular weight excluding hydrogens is 234 g/mol. The SMILES string of the molecule is CC(C)(C)c1ccc(CCCS(C)(=O)=O)cn1. The van der Waals surface area contributed by atoms with Crippen molar-refractivity contribution >= 4 is 9.84 Å². The molecule has 0 amide bonds. The van der Waals surface area contributed by atoms with Crippen LogP contribution in [0, 0.1) is 0 Å². The molecule has 1 aromatic heterocycles. The zero-order valence-electron chi connectivity index (χ0n) is 11.0. The predicted molar refractivity (Wildman–Crippen MR) is 71.0 cm³/mol. The van der Waals surface area contributed by atoms with Crippen molar-refractivity contribution in [1.29, 1.82) is 0 Å². The van der Waals surface area contributed by atoms with Crippen LogP contribution in [0.5, 0.6) is 0 Å². The lowest BCUT2D eigenvalue weighted by molar-refractivity contribution is 0.568. The smallest absolute Gasteiger partial charge is 0.147 e. The fraction of sp³-hybridized carbons (Fsp3) is 0.615. The summed E-state index contributed by atoms with van der Waals surface area (Å²) in [6.45, 7) is 6.37. The first-order chi connectivity index (χ1) is 7.68. The van der Waals surface area contributed by atoms with Crippen LogP contribution in [0.2, 0.25) is 0 Å². The van der Waals surface area contributed by atoms with Crippen molar-refractivity contribution in [2.24, 2.45) is 0 Å². The Labute approximate surface area is 104 Å². The summed E-state index contributed by atoms with van der Waals surface area (Å²) in [7, 11) is -2.85. The van der Waals surface area contributed by atoms with Crippen molar-refractivity contribution in [1.82, 2.24) is 4.98 Å². The van der Waals surface area contributed by atoms with Gasteiger partial charge in [0.25, 0.3) is 0 Å². The summed E-state index contributed by atoms with van der Waals surface area (Å²) in [5.74, 6) is 0.244. The molecule has 0 unspecified atom stereocenters. The van der Waals surface area contributed by atoms with Crippen molar-refractivity contribution in [3.63, 3.8) is 0 Å². The molecule has 0 atom stereocenters. The molecule has 0 N–H and O–H groups in total. The van der Waals surface area contributed by atoms with E-state index in [1.54, 1.807) is 0 Å². The van der Waals surface area contributed by atoms with E-state index in [-0.39, 0.29) is 11.2 Å². The maximum atomic E-state index is 11.0. The minimum Gasteiger partial charge on any atom is -0.260 e. The van der Waals surface area contributed by atoms with Crippen molar-refractivity contribution in [2.45, 2.75) is 39.0 Å². The summed E-state index contributed by atoms with van der Waals surface area (Å²) in [6, 6.07) is 4.06. The number of hydrogen-bond donors (Lipinski definition) is 0. The molecular formula is C13H21NO2S. The molecule has 1 heterocycles. The first kappa shape index (κ1) is 14.2. The number of rotatable bonds is 4. The number of aromatic nitrogens is 1. The zero-order chi connectivity index (χ0) is 13.1. The fourth-order valence-corrected chi connectivity index (χ4v) is 2.22. The van der Waals surface area contributed by atoms with Gasteiger partial charge in [-0.1, -0.05) is 26.8 Å². The third-order valence-electron chi connectivity index (χ3n) is 2.57. The summed E-state index contributed by atoms with van der Waals surface area (Å²) < 4.78 is 22.0. The van der Waals surface area contributed by atoms with E-state index in [0.29, 0.717) is 6.42 Å². The third kappa shape index (κ3) is 5.31. The highest BCUT2D eigenvalue weighted by Gasteiger charge is 2.14. The second-order valence-electron chi connectivity index (χ2n) is 5.54. The first-order valence-corrected chi connectivity index (χ1v) is 7.88. The molecule has 0 radical (unpaired) electrons. The van der Waals surface area contributed by atoms with Crippen LogP contribution >= 0.6 is 0 Å². The summed E-state index contributed by atoms with van der Waals surface area (Å²) in [6.07, 6.45) is 4.55. The van der Waals surface area contributed by atoms with Gasteiger partial charge in [0.1, 0.15) is 9.84 Å². The monoisotopic (exact) mass is 255 g/mol. The number of nitrogens with zero attached hydrogens (tertiary/aromatic N) is 1. The van der Waals surface area contributed by atoms with E-state index in [9.17, 15) is 8.42 Å². The van der Waals surface area contributed by atoms with Crippen LogP contribution in [0.4, 0.5) is 0 Å². The van der Waals surface area contributed by atoms with Crippen molar-refractivity contribution in [2.75, 3.05) is 12.0 Å². The summed E-state index contributed by atoms with van der Waals surface area (Å²) >= 11 is 0. The molecule has 0 aliphatic carbocycles. The van der Waals surface area contributed by atoms with Gasteiger partial charge in [-0.25, -0.2) is 8.42 Å². The molecule has 0 aromatic carbocycles. The molecule has 4 heteroatoms. The van der Waals surface area contributed by atoms with Crippen LogP contribution < -0.4 is 0 Å². The van der Waals surface area contributed by atoms with Gasteiger partial charge in [-0.2, -0.15) is 0 Å². The maximum Gasteiger partial charge on any atom is 0.147 e. The molecule has 1 rings (SSSR count). The third-order valence-corrected chi connectivity index (χ3v) is 3.60. The van der Waals surface area contributed by atoms with Gasteiger partial charge in [0, 0.05) is 23.6 Å². The number of pyridine rings is 1. The molecule has 17 heavy (non-hydrogen) atoms. The van der Waals surface area contributed by atoms with Crippen LogP contribution in [-0.2, 0) is 21.7 Å². The van der Waals surface area contributed by atoms with Crippen molar-refractivity contribution < 1.29 is 8.42 Å². The highest BCUT2D eigenvalue weighted by molar-refractivity contribution is 7.90. The van der Waals surface area contributed by atoms with Crippen LogP contribution in [-0.4, -0.2) is 25.4 Å². The van der Waals surface area contributed by atoms with E-state index in [1.165, 1.54) is 6.26 Å². The van der Waals surface area contributed by atoms with E-state index in [4.69, 9.17) is 0 Å². The molecule has 1 aromatic rings. The molecule has 0 aliphatic heterocycles. The topological polar surface area (TPSA) is 47.0 Å². The minimum atomic E-state index is -2.85. The Balaban J connectivity index is 2.58. The van der Waals surface area contributed by atoms with Crippen LogP contribution in [0.1, 0.15) is 38.4 Å². The van der Waals surface area contributed by atoms with E-state index < -0.39 is 9.84 Å². The van der Waals surface area contributed by atoms with Gasteiger partial charge in [0.2, 0.25) is 0 Å². The van der Waals surface area contributed by atoms with Crippen LogP contribution in [0.3, 0.4) is 0 Å². The molecule has 0 bridgehead atoms. The highest BCUT2D eigenvalue weighted by Crippen LogP contribution is 2.19. The Hall–Kier alpha value is -0.900.